The molecule has 2 rings (SSSR count). The first-order valence-electron chi connectivity index (χ1n) is 7.98. The smallest absolute Gasteiger partial charge is 0.265 e. The fourth-order valence-electron chi connectivity index (χ4n) is 2.96. The number of hydrogen-bond donors (Lipinski definition) is 2. The quantitative estimate of drug-likeness (QED) is 0.768. The number of amides is 2. The molecule has 6 nitrogen and oxygen atoms in total. The van der Waals surface area contributed by atoms with Crippen LogP contribution in [0.25, 0.3) is 0 Å². The minimum atomic E-state index is -0.483. The summed E-state index contributed by atoms with van der Waals surface area (Å²) in [6.45, 7) is 6.31. The van der Waals surface area contributed by atoms with Gasteiger partial charge in [-0.2, -0.15) is 0 Å². The molecule has 0 aliphatic carbocycles. The molecule has 1 heterocycles. The predicted octanol–water partition coefficient (Wildman–Crippen LogP) is 2.05. The van der Waals surface area contributed by atoms with Gasteiger partial charge in [-0.25, -0.2) is 0 Å². The first-order valence-corrected chi connectivity index (χ1v) is 8.77. The van der Waals surface area contributed by atoms with Gasteiger partial charge in [0, 0.05) is 16.6 Å². The molecule has 0 saturated heterocycles. The van der Waals surface area contributed by atoms with Gasteiger partial charge in [-0.05, 0) is 37.5 Å². The van der Waals surface area contributed by atoms with Gasteiger partial charge in [-0.1, -0.05) is 29.8 Å². The van der Waals surface area contributed by atoms with Crippen molar-refractivity contribution in [2.45, 2.75) is 32.7 Å². The Hall–Kier alpha value is -1.60. The van der Waals surface area contributed by atoms with Gasteiger partial charge in [0.25, 0.3) is 5.91 Å². The molecule has 3 N–H and O–H groups in total. The monoisotopic (exact) mass is 397 g/mol. The average Bonchev–Trinajstić information content (AvgIpc) is 2.49. The van der Waals surface area contributed by atoms with Gasteiger partial charge >= 0.3 is 0 Å². The molecule has 0 aromatic heterocycles. The van der Waals surface area contributed by atoms with Crippen molar-refractivity contribution in [3.63, 3.8) is 0 Å². The summed E-state index contributed by atoms with van der Waals surface area (Å²) in [6, 6.07) is 5.36. The zero-order valence-electron chi connectivity index (χ0n) is 14.3. The normalized spacial score (nSPS) is 16.4. The molecule has 7 heteroatoms. The van der Waals surface area contributed by atoms with Gasteiger partial charge in [0.15, 0.2) is 6.61 Å². The number of nitrogens with two attached hydrogens (primary N) is 1. The average molecular weight is 398 g/mol. The van der Waals surface area contributed by atoms with Crippen LogP contribution in [-0.4, -0.2) is 37.0 Å². The predicted molar refractivity (Wildman–Crippen MR) is 97.0 cm³/mol. The summed E-state index contributed by atoms with van der Waals surface area (Å²) in [6.07, 6.45) is 0.774. The number of anilines is 1. The summed E-state index contributed by atoms with van der Waals surface area (Å²) in [4.78, 5) is 26.1. The Morgan fingerprint density at radius 2 is 2.21 bits per heavy atom. The number of ether oxygens (including phenoxy) is 1. The van der Waals surface area contributed by atoms with E-state index in [0.717, 1.165) is 10.9 Å². The van der Waals surface area contributed by atoms with Crippen molar-refractivity contribution in [1.29, 1.82) is 0 Å². The first-order chi connectivity index (χ1) is 11.2. The van der Waals surface area contributed by atoms with E-state index in [4.69, 9.17) is 10.5 Å². The van der Waals surface area contributed by atoms with E-state index in [-0.39, 0.29) is 25.0 Å². The zero-order chi connectivity index (χ0) is 17.9. The second-order valence-electron chi connectivity index (χ2n) is 6.79. The van der Waals surface area contributed by atoms with E-state index < -0.39 is 5.54 Å². The van der Waals surface area contributed by atoms with Crippen LogP contribution >= 0.6 is 15.9 Å². The Balaban J connectivity index is 2.13. The number of fused-ring (bicyclic) bond motifs is 1. The molecule has 1 aromatic carbocycles. The lowest BCUT2D eigenvalue weighted by Crippen LogP contribution is -2.55. The Morgan fingerprint density at radius 1 is 1.50 bits per heavy atom. The number of benzene rings is 1. The Bertz CT molecular complexity index is 636. The topological polar surface area (TPSA) is 84.7 Å². The second-order valence-corrected chi connectivity index (χ2v) is 7.71. The fraction of sp³-hybridized carbons (Fsp3) is 0.529. The Morgan fingerprint density at radius 3 is 2.83 bits per heavy atom. The summed E-state index contributed by atoms with van der Waals surface area (Å²) < 4.78 is 6.28. The molecular formula is C17H24BrN3O3. The molecule has 0 saturated carbocycles. The highest BCUT2D eigenvalue weighted by molar-refractivity contribution is 9.10. The van der Waals surface area contributed by atoms with Crippen molar-refractivity contribution in [2.75, 3.05) is 24.6 Å². The van der Waals surface area contributed by atoms with Crippen molar-refractivity contribution < 1.29 is 14.3 Å². The van der Waals surface area contributed by atoms with E-state index in [1.54, 1.807) is 12.1 Å². The van der Waals surface area contributed by atoms with Crippen molar-refractivity contribution in [3.8, 4) is 5.75 Å². The van der Waals surface area contributed by atoms with Crippen LogP contribution in [0.1, 0.15) is 27.2 Å². The summed E-state index contributed by atoms with van der Waals surface area (Å²) in [5.74, 6) is 0.522. The number of nitrogens with one attached hydrogen (secondary N) is 1. The van der Waals surface area contributed by atoms with Gasteiger partial charge in [-0.3, -0.25) is 14.5 Å². The Kier molecular flexibility index (Phi) is 5.87. The lowest BCUT2D eigenvalue weighted by molar-refractivity contribution is -0.126. The molecule has 1 aliphatic rings. The third kappa shape index (κ3) is 4.48. The lowest BCUT2D eigenvalue weighted by atomic mass is 9.90. The maximum Gasteiger partial charge on any atom is 0.265 e. The maximum atomic E-state index is 12.5. The van der Waals surface area contributed by atoms with E-state index >= 15 is 0 Å². The van der Waals surface area contributed by atoms with Crippen molar-refractivity contribution in [1.82, 2.24) is 5.32 Å². The molecule has 24 heavy (non-hydrogen) atoms. The fourth-order valence-corrected chi connectivity index (χ4v) is 3.30. The van der Waals surface area contributed by atoms with Gasteiger partial charge in [0.05, 0.1) is 5.69 Å². The van der Waals surface area contributed by atoms with Crippen LogP contribution in [0.4, 0.5) is 5.69 Å². The minimum absolute atomic E-state index is 0.0511. The van der Waals surface area contributed by atoms with Crippen LogP contribution in [0.5, 0.6) is 5.75 Å². The number of nitrogens with zero attached hydrogens (tertiary/aromatic N) is 1. The lowest BCUT2D eigenvalue weighted by Gasteiger charge is -2.33. The van der Waals surface area contributed by atoms with E-state index in [9.17, 15) is 9.59 Å². The highest BCUT2D eigenvalue weighted by atomic mass is 79.9. The maximum absolute atomic E-state index is 12.5. The van der Waals surface area contributed by atoms with Crippen molar-refractivity contribution >= 4 is 33.4 Å². The standard InChI is InChI=1S/C17H24BrN3O3/c1-11(2)7-17(3,10-19)20-15(22)8-21-13-5-4-12(18)6-14(13)24-9-16(21)23/h4-6,11H,7-10,19H2,1-3H3,(H,20,22). The van der Waals surface area contributed by atoms with E-state index in [2.05, 4.69) is 35.1 Å². The van der Waals surface area contributed by atoms with E-state index in [1.165, 1.54) is 4.90 Å². The molecule has 1 aliphatic heterocycles. The number of hydrogen-bond acceptors (Lipinski definition) is 4. The molecule has 2 amide bonds. The third-order valence-electron chi connectivity index (χ3n) is 3.92. The summed E-state index contributed by atoms with van der Waals surface area (Å²) >= 11 is 3.37. The van der Waals surface area contributed by atoms with Crippen molar-refractivity contribution in [2.24, 2.45) is 11.7 Å². The molecule has 1 aromatic rings. The van der Waals surface area contributed by atoms with E-state index in [1.807, 2.05) is 13.0 Å². The van der Waals surface area contributed by atoms with Crippen LogP contribution in [0.15, 0.2) is 22.7 Å². The van der Waals surface area contributed by atoms with Gasteiger partial charge < -0.3 is 15.8 Å². The molecule has 1 unspecified atom stereocenters. The summed E-state index contributed by atoms with van der Waals surface area (Å²) in [5, 5.41) is 2.98. The highest BCUT2D eigenvalue weighted by Gasteiger charge is 2.30. The number of halogens is 1. The molecular weight excluding hydrogens is 374 g/mol. The molecule has 0 spiro atoms. The summed E-state index contributed by atoms with van der Waals surface area (Å²) in [7, 11) is 0. The van der Waals surface area contributed by atoms with Gasteiger partial charge in [0.1, 0.15) is 12.3 Å². The number of rotatable bonds is 6. The summed E-state index contributed by atoms with van der Waals surface area (Å²) in [5.41, 5.74) is 5.95. The number of carbonyl (C=O) groups is 2. The highest BCUT2D eigenvalue weighted by Crippen LogP contribution is 2.34. The molecule has 0 bridgehead atoms. The molecule has 1 atom stereocenters. The SMILES string of the molecule is CC(C)CC(C)(CN)NC(=O)CN1C(=O)COc2cc(Br)ccc21. The zero-order valence-corrected chi connectivity index (χ0v) is 15.9. The second kappa shape index (κ2) is 7.53. The minimum Gasteiger partial charge on any atom is -0.482 e. The third-order valence-corrected chi connectivity index (χ3v) is 4.41. The van der Waals surface area contributed by atoms with Crippen LogP contribution in [0.2, 0.25) is 0 Å². The van der Waals surface area contributed by atoms with Gasteiger partial charge in [-0.15, -0.1) is 0 Å². The van der Waals surface area contributed by atoms with Crippen LogP contribution in [-0.2, 0) is 9.59 Å². The first kappa shape index (κ1) is 18.7. The largest absolute Gasteiger partial charge is 0.482 e. The van der Waals surface area contributed by atoms with Crippen LogP contribution in [0, 0.1) is 5.92 Å². The van der Waals surface area contributed by atoms with Gasteiger partial charge in [0.2, 0.25) is 5.91 Å². The Labute approximate surface area is 150 Å². The van der Waals surface area contributed by atoms with Crippen LogP contribution in [0.3, 0.4) is 0 Å². The molecule has 0 radical (unpaired) electrons. The van der Waals surface area contributed by atoms with Crippen LogP contribution < -0.4 is 20.7 Å². The van der Waals surface area contributed by atoms with Crippen molar-refractivity contribution in [3.05, 3.63) is 22.7 Å². The molecule has 0 fully saturated rings. The number of carbonyl (C=O) groups excluding carboxylic acids is 2. The van der Waals surface area contributed by atoms with E-state index in [0.29, 0.717) is 23.9 Å². The molecule has 132 valence electrons.